The molecule has 0 bridgehead atoms. The zero-order chi connectivity index (χ0) is 17.4. The Balaban J connectivity index is 2.01. The third kappa shape index (κ3) is 5.63. The van der Waals surface area contributed by atoms with Crippen LogP contribution in [0.2, 0.25) is 13.1 Å². The van der Waals surface area contributed by atoms with Gasteiger partial charge in [0.05, 0.1) is 8.07 Å². The lowest BCUT2D eigenvalue weighted by molar-refractivity contribution is 0.795. The zero-order valence-electron chi connectivity index (χ0n) is 16.1. The summed E-state index contributed by atoms with van der Waals surface area (Å²) in [5.74, 6) is 0. The molecule has 0 aliphatic heterocycles. The maximum atomic E-state index is 2.50. The topological polar surface area (TPSA) is 0 Å². The number of hydrogen-bond donors (Lipinski definition) is 0. The maximum absolute atomic E-state index is 2.50. The van der Waals surface area contributed by atoms with Crippen LogP contribution in [0.15, 0.2) is 48.5 Å². The second-order valence-electron chi connectivity index (χ2n) is 7.78. The summed E-state index contributed by atoms with van der Waals surface area (Å²) >= 11 is 0. The lowest BCUT2D eigenvalue weighted by atomic mass is 10.1. The monoisotopic (exact) mass is 338 g/mol. The van der Waals surface area contributed by atoms with Crippen molar-refractivity contribution in [1.29, 1.82) is 0 Å². The Bertz CT molecular complexity index is 593. The number of benzene rings is 2. The van der Waals surface area contributed by atoms with E-state index in [4.69, 9.17) is 0 Å². The van der Waals surface area contributed by atoms with Gasteiger partial charge >= 0.3 is 0 Å². The average molecular weight is 339 g/mol. The van der Waals surface area contributed by atoms with Crippen LogP contribution in [0.5, 0.6) is 0 Å². The van der Waals surface area contributed by atoms with Crippen molar-refractivity contribution in [2.45, 2.75) is 71.5 Å². The molecule has 24 heavy (non-hydrogen) atoms. The summed E-state index contributed by atoms with van der Waals surface area (Å²) in [5.41, 5.74) is 4.48. The molecule has 0 amide bonds. The molecule has 0 saturated heterocycles. The molecule has 0 spiro atoms. The fraction of sp³-hybridized carbons (Fsp3) is 0.478. The summed E-state index contributed by atoms with van der Waals surface area (Å²) in [4.78, 5) is 0. The summed E-state index contributed by atoms with van der Waals surface area (Å²) < 4.78 is 0. The van der Waals surface area contributed by atoms with E-state index in [1.165, 1.54) is 61.3 Å². The van der Waals surface area contributed by atoms with E-state index in [1.54, 1.807) is 5.19 Å². The highest BCUT2D eigenvalue weighted by Crippen LogP contribution is 2.15. The van der Waals surface area contributed by atoms with Gasteiger partial charge in [0.15, 0.2) is 0 Å². The molecule has 0 atom stereocenters. The van der Waals surface area contributed by atoms with Crippen LogP contribution in [0.3, 0.4) is 0 Å². The summed E-state index contributed by atoms with van der Waals surface area (Å²) in [7, 11) is -1.42. The van der Waals surface area contributed by atoms with E-state index < -0.39 is 8.07 Å². The van der Waals surface area contributed by atoms with E-state index >= 15 is 0 Å². The molecule has 0 heterocycles. The van der Waals surface area contributed by atoms with Gasteiger partial charge in [0.1, 0.15) is 0 Å². The predicted molar refractivity (Wildman–Crippen MR) is 111 cm³/mol. The van der Waals surface area contributed by atoms with Crippen molar-refractivity contribution in [3.05, 3.63) is 65.2 Å². The highest BCUT2D eigenvalue weighted by molar-refractivity contribution is 6.89. The minimum Gasteiger partial charge on any atom is -0.0654 e. The third-order valence-corrected chi connectivity index (χ3v) is 8.23. The molecule has 2 aromatic rings. The number of hydrogen-bond acceptors (Lipinski definition) is 0. The Morgan fingerprint density at radius 2 is 1.04 bits per heavy atom. The minimum atomic E-state index is -1.42. The summed E-state index contributed by atoms with van der Waals surface area (Å²) in [6.45, 7) is 9.52. The van der Waals surface area contributed by atoms with Crippen molar-refractivity contribution in [3.8, 4) is 0 Å². The van der Waals surface area contributed by atoms with Gasteiger partial charge in [-0.3, -0.25) is 0 Å². The highest BCUT2D eigenvalue weighted by atomic mass is 28.3. The van der Waals surface area contributed by atoms with Crippen molar-refractivity contribution < 1.29 is 0 Å². The van der Waals surface area contributed by atoms with Crippen LogP contribution >= 0.6 is 0 Å². The first-order valence-electron chi connectivity index (χ1n) is 9.72. The van der Waals surface area contributed by atoms with Crippen molar-refractivity contribution >= 4 is 13.3 Å². The molecule has 0 aromatic heterocycles. The van der Waals surface area contributed by atoms with Gasteiger partial charge in [-0.15, -0.1) is 0 Å². The molecule has 0 N–H and O–H groups in total. The average Bonchev–Trinajstić information content (AvgIpc) is 2.59. The molecule has 0 radical (unpaired) electrons. The van der Waals surface area contributed by atoms with Crippen LogP contribution in [-0.4, -0.2) is 8.07 Å². The van der Waals surface area contributed by atoms with Gasteiger partial charge in [-0.25, -0.2) is 0 Å². The Morgan fingerprint density at radius 3 is 1.50 bits per heavy atom. The van der Waals surface area contributed by atoms with Crippen molar-refractivity contribution in [3.63, 3.8) is 0 Å². The fourth-order valence-corrected chi connectivity index (χ4v) is 5.85. The molecular weight excluding hydrogens is 304 g/mol. The Hall–Kier alpha value is -1.34. The largest absolute Gasteiger partial charge is 0.0849 e. The first kappa shape index (κ1) is 19.0. The molecule has 0 nitrogen and oxygen atoms in total. The summed E-state index contributed by atoms with van der Waals surface area (Å²) in [5, 5.41) is 1.58. The standard InChI is InChI=1S/C23H34Si/c1-5-7-9-20-11-13-22(14-12-20)19-24(3,4)23-17-15-21(16-18-23)10-8-6-2/h11-18H,5-10,19H2,1-4H3. The van der Waals surface area contributed by atoms with Crippen molar-refractivity contribution in [2.24, 2.45) is 0 Å². The Kier molecular flexibility index (Phi) is 7.30. The van der Waals surface area contributed by atoms with Crippen molar-refractivity contribution in [2.75, 3.05) is 0 Å². The number of rotatable bonds is 9. The quantitative estimate of drug-likeness (QED) is 0.487. The highest BCUT2D eigenvalue weighted by Gasteiger charge is 2.23. The second-order valence-corrected chi connectivity index (χ2v) is 12.5. The maximum Gasteiger partial charge on any atom is 0.0849 e. The van der Waals surface area contributed by atoms with Gasteiger partial charge < -0.3 is 0 Å². The van der Waals surface area contributed by atoms with E-state index in [0.717, 1.165) is 0 Å². The summed E-state index contributed by atoms with van der Waals surface area (Å²) in [6.07, 6.45) is 7.58. The molecule has 0 fully saturated rings. The Labute approximate surface area is 150 Å². The van der Waals surface area contributed by atoms with E-state index in [-0.39, 0.29) is 0 Å². The predicted octanol–water partition coefficient (Wildman–Crippen LogP) is 6.07. The fourth-order valence-electron chi connectivity index (χ4n) is 3.32. The number of aryl methyl sites for hydroxylation is 2. The molecule has 0 unspecified atom stereocenters. The van der Waals surface area contributed by atoms with Gasteiger partial charge in [-0.05, 0) is 42.9 Å². The lowest BCUT2D eigenvalue weighted by Crippen LogP contribution is -2.44. The second kappa shape index (κ2) is 9.22. The van der Waals surface area contributed by atoms with Crippen LogP contribution < -0.4 is 5.19 Å². The lowest BCUT2D eigenvalue weighted by Gasteiger charge is -2.23. The SMILES string of the molecule is CCCCc1ccc(C[Si](C)(C)c2ccc(CCCC)cc2)cc1. The first-order chi connectivity index (χ1) is 11.5. The Morgan fingerprint density at radius 1 is 0.625 bits per heavy atom. The van der Waals surface area contributed by atoms with Crippen LogP contribution in [0, 0.1) is 0 Å². The van der Waals surface area contributed by atoms with Gasteiger partial charge in [0, 0.05) is 0 Å². The van der Waals surface area contributed by atoms with E-state index in [1.807, 2.05) is 0 Å². The van der Waals surface area contributed by atoms with Crippen LogP contribution in [0.1, 0.15) is 56.2 Å². The van der Waals surface area contributed by atoms with Gasteiger partial charge in [0.25, 0.3) is 0 Å². The zero-order valence-corrected chi connectivity index (χ0v) is 17.1. The van der Waals surface area contributed by atoms with Gasteiger partial charge in [-0.2, -0.15) is 0 Å². The van der Waals surface area contributed by atoms with E-state index in [9.17, 15) is 0 Å². The molecule has 130 valence electrons. The normalized spacial score (nSPS) is 11.7. The summed E-state index contributed by atoms with van der Waals surface area (Å²) in [6, 6.07) is 20.1. The number of unbranched alkanes of at least 4 members (excludes halogenated alkanes) is 2. The molecule has 2 aromatic carbocycles. The van der Waals surface area contributed by atoms with Crippen LogP contribution in [-0.2, 0) is 18.9 Å². The van der Waals surface area contributed by atoms with E-state index in [2.05, 4.69) is 75.5 Å². The molecule has 2 rings (SSSR count). The molecule has 0 aliphatic carbocycles. The molecular formula is C23H34Si. The van der Waals surface area contributed by atoms with Crippen molar-refractivity contribution in [1.82, 2.24) is 0 Å². The van der Waals surface area contributed by atoms with Gasteiger partial charge in [0.2, 0.25) is 0 Å². The minimum absolute atomic E-state index is 1.22. The molecule has 0 aliphatic rings. The molecule has 1 heteroatoms. The van der Waals surface area contributed by atoms with Gasteiger partial charge in [-0.1, -0.05) is 99.1 Å². The third-order valence-electron chi connectivity index (χ3n) is 5.04. The molecule has 0 saturated carbocycles. The van der Waals surface area contributed by atoms with E-state index in [0.29, 0.717) is 0 Å². The smallest absolute Gasteiger partial charge is 0.0654 e. The first-order valence-corrected chi connectivity index (χ1v) is 12.9. The van der Waals surface area contributed by atoms with Crippen LogP contribution in [0.4, 0.5) is 0 Å². The van der Waals surface area contributed by atoms with Crippen LogP contribution in [0.25, 0.3) is 0 Å².